The van der Waals surface area contributed by atoms with E-state index in [2.05, 4.69) is 65.1 Å². The lowest BCUT2D eigenvalue weighted by Gasteiger charge is -2.30. The van der Waals surface area contributed by atoms with Crippen LogP contribution in [0.4, 0.5) is 5.69 Å². The van der Waals surface area contributed by atoms with Crippen LogP contribution < -0.4 is 10.1 Å². The van der Waals surface area contributed by atoms with Crippen LogP contribution >= 0.6 is 23.2 Å². The quantitative estimate of drug-likeness (QED) is 0.250. The van der Waals surface area contributed by atoms with Gasteiger partial charge in [-0.1, -0.05) is 76.9 Å². The Morgan fingerprint density at radius 2 is 1.62 bits per heavy atom. The summed E-state index contributed by atoms with van der Waals surface area (Å²) in [6.45, 7) is 16.8. The molecule has 2 aromatic rings. The maximum Gasteiger partial charge on any atom is 0.157 e. The third-order valence-corrected chi connectivity index (χ3v) is 7.68. The zero-order chi connectivity index (χ0) is 24.1. The monoisotopic (exact) mass is 479 g/mol. The predicted molar refractivity (Wildman–Crippen MR) is 139 cm³/mol. The van der Waals surface area contributed by atoms with Gasteiger partial charge in [0.1, 0.15) is 5.75 Å². The molecule has 5 heteroatoms. The Labute approximate surface area is 204 Å². The highest BCUT2D eigenvalue weighted by Gasteiger charge is 2.26. The summed E-state index contributed by atoms with van der Waals surface area (Å²) >= 11 is 12.3. The first-order valence-electron chi connectivity index (χ1n) is 11.6. The van der Waals surface area contributed by atoms with Crippen LogP contribution in [-0.2, 0) is 10.8 Å². The maximum atomic E-state index is 10.2. The smallest absolute Gasteiger partial charge is 0.157 e. The molecule has 0 fully saturated rings. The molecular weight excluding hydrogens is 441 g/mol. The number of anilines is 1. The highest BCUT2D eigenvalue weighted by atomic mass is 35.5. The van der Waals surface area contributed by atoms with E-state index in [9.17, 15) is 5.11 Å². The molecule has 0 amide bonds. The van der Waals surface area contributed by atoms with Crippen molar-refractivity contribution in [2.75, 3.05) is 18.5 Å². The van der Waals surface area contributed by atoms with Gasteiger partial charge in [0.15, 0.2) is 5.75 Å². The number of benzene rings is 2. The highest BCUT2D eigenvalue weighted by molar-refractivity contribution is 6.37. The van der Waals surface area contributed by atoms with Crippen molar-refractivity contribution in [3.8, 4) is 11.5 Å². The Bertz CT molecular complexity index is 922. The van der Waals surface area contributed by atoms with Crippen LogP contribution in [0.1, 0.15) is 83.9 Å². The molecule has 0 aliphatic heterocycles. The summed E-state index contributed by atoms with van der Waals surface area (Å²) in [4.78, 5) is 0. The lowest BCUT2D eigenvalue weighted by atomic mass is 9.76. The van der Waals surface area contributed by atoms with Gasteiger partial charge in [0, 0.05) is 17.1 Å². The number of aromatic hydroxyl groups is 1. The average molecular weight is 481 g/mol. The van der Waals surface area contributed by atoms with E-state index in [0.29, 0.717) is 34.4 Å². The number of halogens is 2. The lowest BCUT2D eigenvalue weighted by Crippen LogP contribution is -2.21. The largest absolute Gasteiger partial charge is 0.504 e. The van der Waals surface area contributed by atoms with Crippen molar-refractivity contribution in [3.05, 3.63) is 51.0 Å². The van der Waals surface area contributed by atoms with Crippen molar-refractivity contribution in [2.24, 2.45) is 0 Å². The van der Waals surface area contributed by atoms with E-state index in [-0.39, 0.29) is 16.6 Å². The molecule has 178 valence electrons. The minimum atomic E-state index is 0.0475. The van der Waals surface area contributed by atoms with Gasteiger partial charge < -0.3 is 15.2 Å². The summed E-state index contributed by atoms with van der Waals surface area (Å²) in [6, 6.07) is 8.42. The SMILES string of the molecule is CCC(C)(C)c1ccc(OCCCCNc2cc(Cl)c(C)c(Cl)c2O)c(C(C)(C)CC)c1. The van der Waals surface area contributed by atoms with Crippen LogP contribution in [0.5, 0.6) is 11.5 Å². The Morgan fingerprint density at radius 3 is 2.25 bits per heavy atom. The van der Waals surface area contributed by atoms with Gasteiger partial charge in [-0.15, -0.1) is 0 Å². The summed E-state index contributed by atoms with van der Waals surface area (Å²) in [6.07, 6.45) is 3.94. The van der Waals surface area contributed by atoms with E-state index in [0.717, 1.165) is 31.4 Å². The van der Waals surface area contributed by atoms with E-state index >= 15 is 0 Å². The van der Waals surface area contributed by atoms with E-state index < -0.39 is 0 Å². The Kier molecular flexibility index (Phi) is 9.19. The number of hydrogen-bond donors (Lipinski definition) is 2. The van der Waals surface area contributed by atoms with E-state index in [1.165, 1.54) is 11.1 Å². The molecule has 32 heavy (non-hydrogen) atoms. The van der Waals surface area contributed by atoms with Gasteiger partial charge in [-0.3, -0.25) is 0 Å². The Hall–Kier alpha value is -1.58. The van der Waals surface area contributed by atoms with Crippen molar-refractivity contribution < 1.29 is 9.84 Å². The van der Waals surface area contributed by atoms with Crippen molar-refractivity contribution in [1.82, 2.24) is 0 Å². The van der Waals surface area contributed by atoms with E-state index in [1.54, 1.807) is 13.0 Å². The van der Waals surface area contributed by atoms with Gasteiger partial charge in [-0.05, 0) is 66.7 Å². The molecule has 0 aliphatic rings. The van der Waals surface area contributed by atoms with Crippen LogP contribution in [0.3, 0.4) is 0 Å². The second-order valence-electron chi connectivity index (χ2n) is 9.86. The number of phenols is 1. The maximum absolute atomic E-state index is 10.2. The fourth-order valence-corrected chi connectivity index (χ4v) is 3.93. The Balaban J connectivity index is 1.98. The molecule has 2 aromatic carbocycles. The molecule has 2 rings (SSSR count). The first kappa shape index (κ1) is 26.7. The summed E-state index contributed by atoms with van der Waals surface area (Å²) in [5.41, 5.74) is 4.10. The second-order valence-corrected chi connectivity index (χ2v) is 10.6. The zero-order valence-corrected chi connectivity index (χ0v) is 22.2. The molecule has 3 nitrogen and oxygen atoms in total. The molecule has 0 radical (unpaired) electrons. The van der Waals surface area contributed by atoms with Gasteiger partial charge in [0.05, 0.1) is 17.3 Å². The minimum Gasteiger partial charge on any atom is -0.504 e. The topological polar surface area (TPSA) is 41.5 Å². The number of phenolic OH excluding ortho intramolecular Hbond substituents is 1. The first-order chi connectivity index (χ1) is 14.9. The molecule has 0 saturated carbocycles. The van der Waals surface area contributed by atoms with Crippen molar-refractivity contribution in [3.63, 3.8) is 0 Å². The zero-order valence-electron chi connectivity index (χ0n) is 20.7. The molecule has 0 aromatic heterocycles. The summed E-state index contributed by atoms with van der Waals surface area (Å²) in [7, 11) is 0. The predicted octanol–water partition coefficient (Wildman–Crippen LogP) is 8.65. The summed E-state index contributed by atoms with van der Waals surface area (Å²) in [5.74, 6) is 1.03. The number of nitrogens with one attached hydrogen (secondary N) is 1. The van der Waals surface area contributed by atoms with Crippen molar-refractivity contribution in [1.29, 1.82) is 0 Å². The van der Waals surface area contributed by atoms with Crippen molar-refractivity contribution >= 4 is 28.9 Å². The van der Waals surface area contributed by atoms with Gasteiger partial charge in [0.25, 0.3) is 0 Å². The normalized spacial score (nSPS) is 12.2. The minimum absolute atomic E-state index is 0.0475. The molecule has 2 N–H and O–H groups in total. The van der Waals surface area contributed by atoms with E-state index in [1.807, 2.05) is 0 Å². The first-order valence-corrected chi connectivity index (χ1v) is 12.4. The van der Waals surface area contributed by atoms with Crippen LogP contribution in [0.25, 0.3) is 0 Å². The average Bonchev–Trinajstić information content (AvgIpc) is 2.77. The third-order valence-electron chi connectivity index (χ3n) is 6.82. The van der Waals surface area contributed by atoms with Gasteiger partial charge >= 0.3 is 0 Å². The molecule has 0 saturated heterocycles. The number of ether oxygens (including phenoxy) is 1. The molecule has 0 bridgehead atoms. The third kappa shape index (κ3) is 6.26. The van der Waals surface area contributed by atoms with Crippen molar-refractivity contribution in [2.45, 2.75) is 85.0 Å². The number of unbranched alkanes of at least 4 members (excludes halogenated alkanes) is 1. The molecule has 0 spiro atoms. The molecule has 0 aliphatic carbocycles. The summed E-state index contributed by atoms with van der Waals surface area (Å²) in [5, 5.41) is 14.3. The van der Waals surface area contributed by atoms with Crippen LogP contribution in [0, 0.1) is 6.92 Å². The van der Waals surface area contributed by atoms with E-state index in [4.69, 9.17) is 27.9 Å². The molecule has 0 atom stereocenters. The Morgan fingerprint density at radius 1 is 0.969 bits per heavy atom. The van der Waals surface area contributed by atoms with Gasteiger partial charge in [-0.2, -0.15) is 0 Å². The lowest BCUT2D eigenvalue weighted by molar-refractivity contribution is 0.297. The van der Waals surface area contributed by atoms with Crippen LogP contribution in [-0.4, -0.2) is 18.3 Å². The van der Waals surface area contributed by atoms with Gasteiger partial charge in [0.2, 0.25) is 0 Å². The highest BCUT2D eigenvalue weighted by Crippen LogP contribution is 2.39. The fourth-order valence-electron chi connectivity index (χ4n) is 3.47. The molecular formula is C27H39Cl2NO2. The standard InChI is InChI=1S/C27H39Cl2NO2/c1-8-26(4,5)19-12-13-23(20(16-19)27(6,7)9-2)32-15-11-10-14-30-22-17-21(28)18(3)24(29)25(22)31/h12-13,16-17,30-31H,8-11,14-15H2,1-7H3. The number of rotatable bonds is 11. The van der Waals surface area contributed by atoms with Crippen LogP contribution in [0.2, 0.25) is 10.0 Å². The van der Waals surface area contributed by atoms with Crippen LogP contribution in [0.15, 0.2) is 24.3 Å². The molecule has 0 unspecified atom stereocenters. The number of hydrogen-bond acceptors (Lipinski definition) is 3. The summed E-state index contributed by atoms with van der Waals surface area (Å²) < 4.78 is 6.24. The second kappa shape index (κ2) is 11.0. The van der Waals surface area contributed by atoms with Gasteiger partial charge in [-0.25, -0.2) is 0 Å². The molecule has 0 heterocycles. The fraction of sp³-hybridized carbons (Fsp3) is 0.556.